The second kappa shape index (κ2) is 18.0. The van der Waals surface area contributed by atoms with Gasteiger partial charge in [-0.25, -0.2) is 0 Å². The molecule has 4 aliphatic rings. The van der Waals surface area contributed by atoms with Gasteiger partial charge < -0.3 is 105 Å². The van der Waals surface area contributed by atoms with Gasteiger partial charge in [-0.2, -0.15) is 0 Å². The van der Waals surface area contributed by atoms with Gasteiger partial charge in [0, 0.05) is 13.8 Å². The number of aliphatic hydroxyl groups is 12. The molecule has 4 heterocycles. The molecule has 0 bridgehead atoms. The van der Waals surface area contributed by atoms with Gasteiger partial charge >= 0.3 is 0 Å². The first-order valence-corrected chi connectivity index (χ1v) is 16.1. The molecule has 0 radical (unpaired) electrons. The van der Waals surface area contributed by atoms with Crippen molar-refractivity contribution in [1.29, 1.82) is 0 Å². The van der Waals surface area contributed by atoms with Crippen LogP contribution in [0.15, 0.2) is 0 Å². The lowest BCUT2D eigenvalue weighted by Crippen LogP contribution is -2.70. The van der Waals surface area contributed by atoms with Crippen LogP contribution < -0.4 is 10.6 Å². The Morgan fingerprint density at radius 3 is 1.41 bits per heavy atom. The lowest BCUT2D eigenvalue weighted by Gasteiger charge is -2.50. The van der Waals surface area contributed by atoms with Gasteiger partial charge in [0.1, 0.15) is 97.5 Å². The number of carbonyl (C=O) groups excluding carboxylic acids is 2. The first-order valence-electron chi connectivity index (χ1n) is 16.1. The fourth-order valence-corrected chi connectivity index (χ4v) is 6.35. The highest BCUT2D eigenvalue weighted by Gasteiger charge is 2.55. The van der Waals surface area contributed by atoms with Gasteiger partial charge in [0.25, 0.3) is 0 Å². The van der Waals surface area contributed by atoms with Crippen LogP contribution in [0.5, 0.6) is 0 Å². The standard InChI is InChI=1S/C28H48N2O21/c1-7(35)29-13-17(39)22(11(5-33)45-25(13)44)49-26-14(30-8(2)36)18(40)23(12(6-34)48-26)50-28-21(43)24(16(38)10(4-32)47-28)51-27-20(42)19(41)15(37)9(3-31)46-27/h9-28,31-34,37-44H,3-6H2,1-2H3,(H,29,35)(H,30,36)/t9-,10-,11-,12-,13+,14-,15-,16-,17-,18-,19+,20+,21+,22-,23-,24+,25-,26+,27-,28+/m1/s1. The van der Waals surface area contributed by atoms with E-state index >= 15 is 0 Å². The number of hydrogen-bond acceptors (Lipinski definition) is 21. The number of carbonyl (C=O) groups is 2. The molecular formula is C28H48N2O21. The number of nitrogens with one attached hydrogen (secondary N) is 2. The van der Waals surface area contributed by atoms with Crippen molar-refractivity contribution in [3.05, 3.63) is 0 Å². The zero-order valence-electron chi connectivity index (χ0n) is 27.4. The van der Waals surface area contributed by atoms with E-state index in [9.17, 15) is 70.9 Å². The maximum Gasteiger partial charge on any atom is 0.217 e. The fraction of sp³-hybridized carbons (Fsp3) is 0.929. The number of rotatable bonds is 12. The molecule has 0 aliphatic carbocycles. The Hall–Kier alpha value is -1.82. The van der Waals surface area contributed by atoms with Crippen LogP contribution in [0, 0.1) is 0 Å². The molecule has 0 aromatic rings. The quantitative estimate of drug-likeness (QED) is 0.0881. The smallest absolute Gasteiger partial charge is 0.217 e. The molecule has 4 saturated heterocycles. The van der Waals surface area contributed by atoms with Crippen LogP contribution in [0.3, 0.4) is 0 Å². The number of ether oxygens (including phenoxy) is 7. The minimum atomic E-state index is -2.04. The molecule has 23 heteroatoms. The van der Waals surface area contributed by atoms with Gasteiger partial charge in [-0.3, -0.25) is 9.59 Å². The van der Waals surface area contributed by atoms with Crippen molar-refractivity contribution in [3.63, 3.8) is 0 Å². The van der Waals surface area contributed by atoms with Gasteiger partial charge in [-0.05, 0) is 0 Å². The van der Waals surface area contributed by atoms with E-state index in [0.29, 0.717) is 0 Å². The minimum Gasteiger partial charge on any atom is -0.394 e. The molecule has 23 nitrogen and oxygen atoms in total. The highest BCUT2D eigenvalue weighted by atomic mass is 16.8. The molecule has 296 valence electrons. The summed E-state index contributed by atoms with van der Waals surface area (Å²) in [4.78, 5) is 23.9. The summed E-state index contributed by atoms with van der Waals surface area (Å²) < 4.78 is 39.1. The fourth-order valence-electron chi connectivity index (χ4n) is 6.35. The minimum absolute atomic E-state index is 0.660. The van der Waals surface area contributed by atoms with Crippen LogP contribution in [0.25, 0.3) is 0 Å². The Balaban J connectivity index is 1.56. The van der Waals surface area contributed by atoms with Gasteiger partial charge in [0.05, 0.1) is 26.4 Å². The molecular weight excluding hydrogens is 700 g/mol. The monoisotopic (exact) mass is 748 g/mol. The maximum absolute atomic E-state index is 12.2. The highest BCUT2D eigenvalue weighted by Crippen LogP contribution is 2.34. The van der Waals surface area contributed by atoms with Crippen molar-refractivity contribution in [1.82, 2.24) is 10.6 Å². The van der Waals surface area contributed by atoms with Crippen LogP contribution >= 0.6 is 0 Å². The van der Waals surface area contributed by atoms with E-state index in [1.165, 1.54) is 0 Å². The molecule has 4 rings (SSSR count). The summed E-state index contributed by atoms with van der Waals surface area (Å²) in [6.45, 7) is -1.28. The summed E-state index contributed by atoms with van der Waals surface area (Å²) in [5.74, 6) is -1.40. The van der Waals surface area contributed by atoms with Crippen LogP contribution in [-0.4, -0.2) is 222 Å². The van der Waals surface area contributed by atoms with Crippen LogP contribution in [-0.2, 0) is 42.7 Å². The van der Waals surface area contributed by atoms with Crippen molar-refractivity contribution >= 4 is 11.8 Å². The summed E-state index contributed by atoms with van der Waals surface area (Å²) in [7, 11) is 0. The normalized spacial score (nSPS) is 47.8. The van der Waals surface area contributed by atoms with Crippen molar-refractivity contribution in [2.24, 2.45) is 0 Å². The zero-order chi connectivity index (χ0) is 37.9. The Kier molecular flexibility index (Phi) is 14.8. The second-order valence-electron chi connectivity index (χ2n) is 12.6. The average molecular weight is 749 g/mol. The second-order valence-corrected chi connectivity index (χ2v) is 12.6. The molecule has 2 amide bonds. The topological polar surface area (TPSA) is 366 Å². The SMILES string of the molecule is CC(=O)N[C@H]1[C@H](O[C@H]2[C@H](O)[C@H](NC(C)=O)[C@H](O)O[C@@H]2CO)O[C@H](CO)[C@@H](O[C@@H]2O[C@H](CO)[C@@H](O)[C@H](O[C@H]3O[C@H](CO)[C@@H](O)[C@H](O)[C@@H]3O)[C@@H]2O)[C@@H]1O. The summed E-state index contributed by atoms with van der Waals surface area (Å²) in [5.41, 5.74) is 0. The van der Waals surface area contributed by atoms with Gasteiger partial charge in [-0.15, -0.1) is 0 Å². The maximum atomic E-state index is 12.2. The third kappa shape index (κ3) is 9.11. The van der Waals surface area contributed by atoms with Gasteiger partial charge in [0.15, 0.2) is 25.2 Å². The number of hydrogen-bond donors (Lipinski definition) is 14. The molecule has 0 saturated carbocycles. The van der Waals surface area contributed by atoms with Crippen molar-refractivity contribution in [2.75, 3.05) is 26.4 Å². The molecule has 51 heavy (non-hydrogen) atoms. The summed E-state index contributed by atoms with van der Waals surface area (Å²) >= 11 is 0. The van der Waals surface area contributed by atoms with Gasteiger partial charge in [0.2, 0.25) is 11.8 Å². The first kappa shape index (κ1) is 41.9. The Labute approximate surface area is 289 Å². The molecule has 0 aromatic heterocycles. The van der Waals surface area contributed by atoms with E-state index in [0.717, 1.165) is 13.8 Å². The predicted octanol–water partition coefficient (Wildman–Crippen LogP) is -9.46. The van der Waals surface area contributed by atoms with E-state index in [1.54, 1.807) is 0 Å². The molecule has 20 atom stereocenters. The lowest BCUT2D eigenvalue weighted by molar-refractivity contribution is -0.379. The van der Waals surface area contributed by atoms with Crippen molar-refractivity contribution < 1.29 is 104 Å². The predicted molar refractivity (Wildman–Crippen MR) is 157 cm³/mol. The number of amides is 2. The Bertz CT molecular complexity index is 1140. The van der Waals surface area contributed by atoms with Crippen molar-refractivity contribution in [2.45, 2.75) is 137 Å². The highest BCUT2D eigenvalue weighted by molar-refractivity contribution is 5.73. The first-order chi connectivity index (χ1) is 24.1. The molecule has 0 unspecified atom stereocenters. The molecule has 0 aromatic carbocycles. The third-order valence-corrected chi connectivity index (χ3v) is 9.01. The summed E-state index contributed by atoms with van der Waals surface area (Å²) in [6, 6.07) is -3.04. The van der Waals surface area contributed by atoms with Crippen LogP contribution in [0.2, 0.25) is 0 Å². The third-order valence-electron chi connectivity index (χ3n) is 9.01. The lowest BCUT2D eigenvalue weighted by atomic mass is 9.94. The largest absolute Gasteiger partial charge is 0.394 e. The van der Waals surface area contributed by atoms with E-state index in [-0.39, 0.29) is 0 Å². The zero-order valence-corrected chi connectivity index (χ0v) is 27.4. The molecule has 0 spiro atoms. The number of aliphatic hydroxyl groups excluding tert-OH is 12. The van der Waals surface area contributed by atoms with Crippen LogP contribution in [0.1, 0.15) is 13.8 Å². The Morgan fingerprint density at radius 2 is 0.882 bits per heavy atom. The summed E-state index contributed by atoms with van der Waals surface area (Å²) in [5, 5.41) is 130. The van der Waals surface area contributed by atoms with Crippen molar-refractivity contribution in [3.8, 4) is 0 Å². The van der Waals surface area contributed by atoms with E-state index in [1.807, 2.05) is 0 Å². The van der Waals surface area contributed by atoms with E-state index < -0.39 is 161 Å². The molecule has 4 aliphatic heterocycles. The average Bonchev–Trinajstić information content (AvgIpc) is 3.09. The van der Waals surface area contributed by atoms with Crippen LogP contribution in [0.4, 0.5) is 0 Å². The van der Waals surface area contributed by atoms with Gasteiger partial charge in [-0.1, -0.05) is 0 Å². The van der Waals surface area contributed by atoms with E-state index in [4.69, 9.17) is 33.2 Å². The summed E-state index contributed by atoms with van der Waals surface area (Å²) in [6.07, 6.45) is -31.4. The van der Waals surface area contributed by atoms with E-state index in [2.05, 4.69) is 10.6 Å². The molecule has 14 N–H and O–H groups in total. The molecule has 4 fully saturated rings. The Morgan fingerprint density at radius 1 is 0.471 bits per heavy atom.